The highest BCUT2D eigenvalue weighted by Crippen LogP contribution is 2.34. The van der Waals surface area contributed by atoms with Gasteiger partial charge in [0.25, 0.3) is 0 Å². The third-order valence-electron chi connectivity index (χ3n) is 4.19. The lowest BCUT2D eigenvalue weighted by Crippen LogP contribution is -2.47. The smallest absolute Gasteiger partial charge is 0.227 e. The number of hydrogen-bond acceptors (Lipinski definition) is 7. The van der Waals surface area contributed by atoms with Crippen molar-refractivity contribution >= 4 is 22.7 Å². The topological polar surface area (TPSA) is 76.7 Å². The first kappa shape index (κ1) is 16.1. The monoisotopic (exact) mass is 327 g/mol. The van der Waals surface area contributed by atoms with E-state index >= 15 is 0 Å². The van der Waals surface area contributed by atoms with Crippen molar-refractivity contribution in [3.63, 3.8) is 0 Å². The molecule has 7 nitrogen and oxygen atoms in total. The van der Waals surface area contributed by atoms with Crippen molar-refractivity contribution in [2.45, 2.75) is 0 Å². The third kappa shape index (κ3) is 3.01. The Morgan fingerprint density at radius 1 is 1.12 bits per heavy atom. The second-order valence-corrected chi connectivity index (χ2v) is 5.60. The molecule has 1 aliphatic rings. The van der Waals surface area contributed by atoms with E-state index in [1.807, 2.05) is 6.07 Å². The van der Waals surface area contributed by atoms with Crippen molar-refractivity contribution in [1.82, 2.24) is 14.9 Å². The molecule has 0 spiro atoms. The minimum Gasteiger partial charge on any atom is -0.493 e. The summed E-state index contributed by atoms with van der Waals surface area (Å²) < 4.78 is 10.7. The number of nitrogens with two attached hydrogens (primary N) is 1. The van der Waals surface area contributed by atoms with Crippen LogP contribution >= 0.6 is 0 Å². The van der Waals surface area contributed by atoms with E-state index in [1.165, 1.54) is 0 Å². The molecule has 1 saturated heterocycles. The van der Waals surface area contributed by atoms with E-state index in [0.29, 0.717) is 29.8 Å². The van der Waals surface area contributed by atoms with Gasteiger partial charge >= 0.3 is 0 Å². The van der Waals surface area contributed by atoms with Gasteiger partial charge in [0, 0.05) is 37.6 Å². The SMILES string of the molecule is C#CCN1CCN(c2nc(N)c3cc(OC)c(OC)cc3n2)CC1. The van der Waals surface area contributed by atoms with Gasteiger partial charge in [-0.15, -0.1) is 6.42 Å². The van der Waals surface area contributed by atoms with Crippen LogP contribution in [0.4, 0.5) is 11.8 Å². The summed E-state index contributed by atoms with van der Waals surface area (Å²) in [6.07, 6.45) is 5.37. The molecule has 2 heterocycles. The first-order valence-electron chi connectivity index (χ1n) is 7.76. The van der Waals surface area contributed by atoms with Gasteiger partial charge in [0.1, 0.15) is 5.82 Å². The quantitative estimate of drug-likeness (QED) is 0.839. The molecule has 126 valence electrons. The molecule has 3 rings (SSSR count). The fraction of sp³-hybridized carbons (Fsp3) is 0.412. The number of fused-ring (bicyclic) bond motifs is 1. The van der Waals surface area contributed by atoms with E-state index in [9.17, 15) is 0 Å². The zero-order valence-corrected chi connectivity index (χ0v) is 14.0. The van der Waals surface area contributed by atoms with Crippen LogP contribution in [0.5, 0.6) is 11.5 Å². The summed E-state index contributed by atoms with van der Waals surface area (Å²) in [6.45, 7) is 4.08. The summed E-state index contributed by atoms with van der Waals surface area (Å²) in [4.78, 5) is 13.5. The molecule has 0 saturated carbocycles. The summed E-state index contributed by atoms with van der Waals surface area (Å²) in [5.41, 5.74) is 6.88. The highest BCUT2D eigenvalue weighted by atomic mass is 16.5. The number of piperazine rings is 1. The summed E-state index contributed by atoms with van der Waals surface area (Å²) in [5, 5.41) is 0.752. The van der Waals surface area contributed by atoms with Crippen LogP contribution in [0.3, 0.4) is 0 Å². The van der Waals surface area contributed by atoms with Gasteiger partial charge < -0.3 is 20.1 Å². The van der Waals surface area contributed by atoms with Gasteiger partial charge in [-0.1, -0.05) is 5.92 Å². The Kier molecular flexibility index (Phi) is 4.58. The Balaban J connectivity index is 1.92. The Morgan fingerprint density at radius 3 is 2.42 bits per heavy atom. The van der Waals surface area contributed by atoms with E-state index in [4.69, 9.17) is 21.6 Å². The maximum atomic E-state index is 6.14. The molecule has 7 heteroatoms. The predicted octanol–water partition coefficient (Wildman–Crippen LogP) is 0.984. The second kappa shape index (κ2) is 6.81. The number of nitrogen functional groups attached to an aromatic ring is 1. The molecule has 2 aromatic rings. The van der Waals surface area contributed by atoms with Crippen molar-refractivity contribution in [1.29, 1.82) is 0 Å². The van der Waals surface area contributed by atoms with Gasteiger partial charge in [0.05, 0.1) is 26.3 Å². The molecule has 0 atom stereocenters. The van der Waals surface area contributed by atoms with Crippen molar-refractivity contribution in [3.05, 3.63) is 12.1 Å². The average molecular weight is 327 g/mol. The average Bonchev–Trinajstić information content (AvgIpc) is 2.61. The number of hydrogen-bond donors (Lipinski definition) is 1. The normalized spacial score (nSPS) is 15.3. The number of anilines is 2. The molecule has 0 unspecified atom stereocenters. The number of terminal acetylenes is 1. The van der Waals surface area contributed by atoms with Gasteiger partial charge in [-0.2, -0.15) is 4.98 Å². The zero-order valence-electron chi connectivity index (χ0n) is 14.0. The number of benzene rings is 1. The maximum Gasteiger partial charge on any atom is 0.227 e. The molecule has 1 aromatic heterocycles. The Hall–Kier alpha value is -2.72. The van der Waals surface area contributed by atoms with Crippen LogP contribution in [0.2, 0.25) is 0 Å². The summed E-state index contributed by atoms with van der Waals surface area (Å²) in [5.74, 6) is 4.97. The molecule has 24 heavy (non-hydrogen) atoms. The van der Waals surface area contributed by atoms with E-state index in [-0.39, 0.29) is 0 Å². The van der Waals surface area contributed by atoms with Crippen molar-refractivity contribution in [2.75, 3.05) is 57.6 Å². The fourth-order valence-corrected chi connectivity index (χ4v) is 2.84. The van der Waals surface area contributed by atoms with Crippen LogP contribution in [0.1, 0.15) is 0 Å². The van der Waals surface area contributed by atoms with Crippen LogP contribution in [0.15, 0.2) is 12.1 Å². The van der Waals surface area contributed by atoms with Gasteiger partial charge in [-0.3, -0.25) is 4.90 Å². The number of nitrogens with zero attached hydrogens (tertiary/aromatic N) is 4. The highest BCUT2D eigenvalue weighted by Gasteiger charge is 2.20. The summed E-state index contributed by atoms with van der Waals surface area (Å²) in [7, 11) is 3.19. The molecule has 0 aliphatic carbocycles. The van der Waals surface area contributed by atoms with E-state index in [0.717, 1.165) is 37.1 Å². The van der Waals surface area contributed by atoms with Crippen LogP contribution in [-0.4, -0.2) is 61.8 Å². The minimum atomic E-state index is 0.432. The lowest BCUT2D eigenvalue weighted by Gasteiger charge is -2.33. The third-order valence-corrected chi connectivity index (χ3v) is 4.19. The number of ether oxygens (including phenoxy) is 2. The van der Waals surface area contributed by atoms with Crippen molar-refractivity contribution in [3.8, 4) is 23.8 Å². The molecular weight excluding hydrogens is 306 g/mol. The first-order chi connectivity index (χ1) is 11.7. The van der Waals surface area contributed by atoms with Gasteiger partial charge in [0.2, 0.25) is 5.95 Å². The molecule has 0 radical (unpaired) electrons. The minimum absolute atomic E-state index is 0.432. The Labute approximate surface area is 141 Å². The standard InChI is InChI=1S/C17H21N5O2/c1-4-5-21-6-8-22(9-7-21)17-19-13-11-15(24-3)14(23-2)10-12(13)16(18)20-17/h1,10-11H,5-9H2,2-3H3,(H2,18,19,20). The Morgan fingerprint density at radius 2 is 1.79 bits per heavy atom. The number of rotatable bonds is 4. The number of methoxy groups -OCH3 is 2. The van der Waals surface area contributed by atoms with Crippen molar-refractivity contribution < 1.29 is 9.47 Å². The van der Waals surface area contributed by atoms with Gasteiger partial charge in [0.15, 0.2) is 11.5 Å². The maximum absolute atomic E-state index is 6.14. The van der Waals surface area contributed by atoms with Crippen LogP contribution in [0.25, 0.3) is 10.9 Å². The molecule has 2 N–H and O–H groups in total. The van der Waals surface area contributed by atoms with Gasteiger partial charge in [-0.05, 0) is 6.07 Å². The molecule has 0 bridgehead atoms. The van der Waals surface area contributed by atoms with E-state index in [1.54, 1.807) is 20.3 Å². The molecule has 1 aromatic carbocycles. The van der Waals surface area contributed by atoms with Crippen LogP contribution in [0, 0.1) is 12.3 Å². The highest BCUT2D eigenvalue weighted by molar-refractivity contribution is 5.91. The molecule has 0 amide bonds. The summed E-state index contributed by atoms with van der Waals surface area (Å²) >= 11 is 0. The molecule has 1 fully saturated rings. The fourth-order valence-electron chi connectivity index (χ4n) is 2.84. The van der Waals surface area contributed by atoms with Crippen LogP contribution in [-0.2, 0) is 0 Å². The molecular formula is C17H21N5O2. The lowest BCUT2D eigenvalue weighted by molar-refractivity contribution is 0.287. The van der Waals surface area contributed by atoms with Crippen molar-refractivity contribution in [2.24, 2.45) is 0 Å². The van der Waals surface area contributed by atoms with Crippen LogP contribution < -0.4 is 20.1 Å². The van der Waals surface area contributed by atoms with E-state index in [2.05, 4.69) is 25.7 Å². The first-order valence-corrected chi connectivity index (χ1v) is 7.76. The summed E-state index contributed by atoms with van der Waals surface area (Å²) in [6, 6.07) is 3.63. The molecule has 1 aliphatic heterocycles. The van der Waals surface area contributed by atoms with Gasteiger partial charge in [-0.25, -0.2) is 4.98 Å². The zero-order chi connectivity index (χ0) is 17.1. The van der Waals surface area contributed by atoms with E-state index < -0.39 is 0 Å². The second-order valence-electron chi connectivity index (χ2n) is 5.60. The Bertz CT molecular complexity index is 779. The lowest BCUT2D eigenvalue weighted by atomic mass is 10.2. The largest absolute Gasteiger partial charge is 0.493 e. The number of aromatic nitrogens is 2. The predicted molar refractivity (Wildman–Crippen MR) is 94.5 cm³/mol.